The van der Waals surface area contributed by atoms with Crippen LogP contribution in [0.15, 0.2) is 29.3 Å². The zero-order chi connectivity index (χ0) is 7.52. The number of nitrogens with one attached hydrogen (secondary N) is 1. The first-order valence-electron chi connectivity index (χ1n) is 3.67. The van der Waals surface area contributed by atoms with E-state index in [0.717, 1.165) is 6.54 Å². The number of rotatable bonds is 1. The van der Waals surface area contributed by atoms with E-state index >= 15 is 0 Å². The van der Waals surface area contributed by atoms with E-state index in [9.17, 15) is 0 Å². The van der Waals surface area contributed by atoms with E-state index < -0.39 is 0 Å². The summed E-state index contributed by atoms with van der Waals surface area (Å²) in [6.07, 6.45) is 1.77. The van der Waals surface area contributed by atoms with E-state index in [1.54, 1.807) is 6.34 Å². The van der Waals surface area contributed by atoms with Crippen LogP contribution in [-0.4, -0.2) is 35.9 Å². The fourth-order valence-corrected chi connectivity index (χ4v) is 1.19. The number of hydrogen-bond donors (Lipinski definition) is 1. The second-order valence-corrected chi connectivity index (χ2v) is 2.55. The van der Waals surface area contributed by atoms with E-state index in [0.29, 0.717) is 6.04 Å². The van der Waals surface area contributed by atoms with Gasteiger partial charge in [-0.15, -0.1) is 5.56 Å². The van der Waals surface area contributed by atoms with Crippen LogP contribution in [0.3, 0.4) is 0 Å². The molecule has 4 heteroatoms. The molecule has 1 aliphatic heterocycles. The van der Waals surface area contributed by atoms with E-state index in [2.05, 4.69) is 28.5 Å². The molecule has 0 spiro atoms. The normalized spacial score (nSPS) is 18.3. The molecule has 1 aromatic carbocycles. The quantitative estimate of drug-likeness (QED) is 0.443. The van der Waals surface area contributed by atoms with Gasteiger partial charge in [0, 0.05) is 6.04 Å². The number of aliphatic imine (C=N–C) groups is 1. The summed E-state index contributed by atoms with van der Waals surface area (Å²) in [6, 6.07) is 11.3. The van der Waals surface area contributed by atoms with Gasteiger partial charge < -0.3 is 22.3 Å². The molecular weight excluding hydrogens is 240 g/mol. The maximum Gasteiger partial charge on any atom is 2.00 e. The Kier molecular flexibility index (Phi) is 6.37. The fraction of sp³-hybridized carbons (Fsp3) is 0.222. The van der Waals surface area contributed by atoms with Crippen LogP contribution in [0.25, 0.3) is 0 Å². The Balaban J connectivity index is 0.000000720. The fourth-order valence-electron chi connectivity index (χ4n) is 1.19. The van der Waals surface area contributed by atoms with Crippen LogP contribution in [0.1, 0.15) is 11.6 Å². The Morgan fingerprint density at radius 2 is 2.08 bits per heavy atom. The minimum Gasteiger partial charge on any atom is -1.00 e. The first-order valence-corrected chi connectivity index (χ1v) is 3.67. The van der Waals surface area contributed by atoms with Crippen molar-refractivity contribution in [1.29, 1.82) is 0 Å². The molecule has 1 heterocycles. The van der Waals surface area contributed by atoms with E-state index in [4.69, 9.17) is 0 Å². The van der Waals surface area contributed by atoms with E-state index in [-0.39, 0.29) is 40.0 Å². The molecule has 0 amide bonds. The first-order chi connectivity index (χ1) is 5.47. The predicted octanol–water partition coefficient (Wildman–Crippen LogP) is -2.22. The molecule has 1 unspecified atom stereocenters. The zero-order valence-corrected chi connectivity index (χ0v) is 10.2. The molecule has 1 N–H and O–H groups in total. The summed E-state index contributed by atoms with van der Waals surface area (Å²) in [5.41, 5.74) is 1.28. The van der Waals surface area contributed by atoms with Crippen molar-refractivity contribution in [3.63, 3.8) is 0 Å². The number of hydrogen-bond acceptors (Lipinski definition) is 2. The maximum absolute atomic E-state index is 4.09. The molecule has 0 fully saturated rings. The molecule has 0 saturated carbocycles. The van der Waals surface area contributed by atoms with E-state index in [1.165, 1.54) is 5.56 Å². The number of nitrogens with zero attached hydrogens (tertiary/aromatic N) is 1. The monoisotopic (exact) mass is 248 g/mol. The molecule has 1 aromatic rings. The van der Waals surface area contributed by atoms with E-state index in [1.807, 2.05) is 12.1 Å². The molecule has 13 heavy (non-hydrogen) atoms. The minimum absolute atomic E-state index is 0. The SMILES string of the molecule is [Br-].[Mg+2].[c-]1ccc(C2CN=CN2)cc1. The molecule has 2 nitrogen and oxygen atoms in total. The van der Waals surface area contributed by atoms with Gasteiger partial charge in [-0.2, -0.15) is 30.3 Å². The van der Waals surface area contributed by atoms with Gasteiger partial charge in [-0.25, -0.2) is 0 Å². The second-order valence-electron chi connectivity index (χ2n) is 2.55. The number of benzene rings is 1. The topological polar surface area (TPSA) is 24.4 Å². The first kappa shape index (κ1) is 12.9. The molecule has 0 saturated heterocycles. The van der Waals surface area contributed by atoms with Crippen molar-refractivity contribution in [1.82, 2.24) is 5.32 Å². The van der Waals surface area contributed by atoms with Crippen LogP contribution < -0.4 is 22.3 Å². The predicted molar refractivity (Wildman–Crippen MR) is 50.3 cm³/mol. The van der Waals surface area contributed by atoms with Gasteiger partial charge in [0.25, 0.3) is 0 Å². The molecule has 0 aliphatic carbocycles. The van der Waals surface area contributed by atoms with Crippen molar-refractivity contribution in [3.8, 4) is 0 Å². The van der Waals surface area contributed by atoms with Gasteiger partial charge in [-0.1, -0.05) is 0 Å². The second kappa shape index (κ2) is 6.40. The Hall–Kier alpha value is -0.0638. The van der Waals surface area contributed by atoms with Crippen LogP contribution in [0.4, 0.5) is 0 Å². The molecule has 1 aliphatic rings. The Labute approximate surface area is 105 Å². The molecular formula is C9H9BrMgN2. The smallest absolute Gasteiger partial charge is 1.00 e. The summed E-state index contributed by atoms with van der Waals surface area (Å²) < 4.78 is 0. The van der Waals surface area contributed by atoms with Crippen molar-refractivity contribution in [3.05, 3.63) is 35.9 Å². The Morgan fingerprint density at radius 3 is 2.62 bits per heavy atom. The average molecular weight is 249 g/mol. The van der Waals surface area contributed by atoms with Gasteiger partial charge in [-0.05, 0) is 0 Å². The Bertz CT molecular complexity index is 256. The average Bonchev–Trinajstić information content (AvgIpc) is 2.58. The van der Waals surface area contributed by atoms with Crippen molar-refractivity contribution in [2.24, 2.45) is 4.99 Å². The summed E-state index contributed by atoms with van der Waals surface area (Å²) in [5, 5.41) is 3.17. The van der Waals surface area contributed by atoms with Gasteiger partial charge in [0.05, 0.1) is 12.9 Å². The van der Waals surface area contributed by atoms with Crippen LogP contribution in [0, 0.1) is 6.07 Å². The molecule has 2 rings (SSSR count). The standard InChI is InChI=1S/C9H9N2.BrH.Mg/c1-2-4-8(5-3-1)9-6-10-7-11-9;;/h2-5,7,9H,6H2,(H,10,11);1H;/q-1;;+2/p-1. The van der Waals surface area contributed by atoms with Crippen molar-refractivity contribution in [2.75, 3.05) is 6.54 Å². The van der Waals surface area contributed by atoms with Gasteiger partial charge in [-0.3, -0.25) is 4.99 Å². The van der Waals surface area contributed by atoms with Crippen molar-refractivity contribution >= 4 is 29.4 Å². The maximum atomic E-state index is 4.09. The van der Waals surface area contributed by atoms with Crippen LogP contribution >= 0.6 is 0 Å². The largest absolute Gasteiger partial charge is 2.00 e. The van der Waals surface area contributed by atoms with Crippen LogP contribution in [0.5, 0.6) is 0 Å². The Morgan fingerprint density at radius 1 is 1.38 bits per heavy atom. The third-order valence-electron chi connectivity index (χ3n) is 1.80. The van der Waals surface area contributed by atoms with Gasteiger partial charge in [0.1, 0.15) is 0 Å². The zero-order valence-electron chi connectivity index (χ0n) is 7.20. The van der Waals surface area contributed by atoms with Gasteiger partial charge >= 0.3 is 23.1 Å². The summed E-state index contributed by atoms with van der Waals surface area (Å²) in [7, 11) is 0. The third-order valence-corrected chi connectivity index (χ3v) is 1.80. The summed E-state index contributed by atoms with van der Waals surface area (Å²) in [4.78, 5) is 4.09. The van der Waals surface area contributed by atoms with Crippen LogP contribution in [-0.2, 0) is 0 Å². The van der Waals surface area contributed by atoms with Crippen LogP contribution in [0.2, 0.25) is 0 Å². The third kappa shape index (κ3) is 3.29. The van der Waals surface area contributed by atoms with Gasteiger partial charge in [0.2, 0.25) is 0 Å². The van der Waals surface area contributed by atoms with Crippen molar-refractivity contribution < 1.29 is 17.0 Å². The minimum atomic E-state index is 0. The van der Waals surface area contributed by atoms with Gasteiger partial charge in [0.15, 0.2) is 0 Å². The summed E-state index contributed by atoms with van der Waals surface area (Å²) in [5.74, 6) is 0. The number of halogens is 1. The molecule has 0 aromatic heterocycles. The molecule has 0 radical (unpaired) electrons. The molecule has 1 atom stereocenters. The molecule has 64 valence electrons. The molecule has 0 bridgehead atoms. The van der Waals surface area contributed by atoms with Crippen molar-refractivity contribution in [2.45, 2.75) is 6.04 Å². The summed E-state index contributed by atoms with van der Waals surface area (Å²) in [6.45, 7) is 0.851. The summed E-state index contributed by atoms with van der Waals surface area (Å²) >= 11 is 0.